The second-order valence-electron chi connectivity index (χ2n) is 3.71. The molecule has 0 heterocycles. The number of rotatable bonds is 2. The van der Waals surface area contributed by atoms with E-state index in [0.717, 1.165) is 0 Å². The smallest absolute Gasteiger partial charge is 0.306 e. The van der Waals surface area contributed by atoms with Gasteiger partial charge in [-0.1, -0.05) is 12.2 Å². The maximum absolute atomic E-state index is 12.8. The second-order valence-corrected chi connectivity index (χ2v) is 3.71. The van der Waals surface area contributed by atoms with E-state index in [1.807, 2.05) is 6.08 Å². The number of carbonyl (C=O) groups is 1. The minimum absolute atomic E-state index is 0.103. The second kappa shape index (κ2) is 2.98. The van der Waals surface area contributed by atoms with Gasteiger partial charge in [0, 0.05) is 6.42 Å². The summed E-state index contributed by atoms with van der Waals surface area (Å²) in [5.74, 6) is -0.850. The zero-order chi connectivity index (χ0) is 9.42. The first-order valence-electron chi connectivity index (χ1n) is 4.44. The minimum Gasteiger partial charge on any atom is -0.481 e. The van der Waals surface area contributed by atoms with Crippen molar-refractivity contribution in [3.05, 3.63) is 24.1 Å². The number of hydrogen-bond donors (Lipinski definition) is 1. The molecule has 70 valence electrons. The van der Waals surface area contributed by atoms with Crippen molar-refractivity contribution in [3.8, 4) is 0 Å². The number of halogens is 1. The van der Waals surface area contributed by atoms with Crippen molar-refractivity contribution in [1.82, 2.24) is 0 Å². The van der Waals surface area contributed by atoms with E-state index in [0.29, 0.717) is 12.8 Å². The number of aliphatic carboxylic acids is 1. The molecule has 3 unspecified atom stereocenters. The number of allylic oxidation sites excluding steroid dienone is 4. The van der Waals surface area contributed by atoms with E-state index in [2.05, 4.69) is 0 Å². The molecule has 0 spiro atoms. The van der Waals surface area contributed by atoms with Gasteiger partial charge in [0.25, 0.3) is 0 Å². The van der Waals surface area contributed by atoms with Gasteiger partial charge in [0.05, 0.1) is 5.92 Å². The molecule has 2 aliphatic carbocycles. The molecule has 2 aliphatic rings. The predicted octanol–water partition coefficient (Wildman–Crippen LogP) is 2.14. The van der Waals surface area contributed by atoms with Gasteiger partial charge in [-0.25, -0.2) is 4.39 Å². The van der Waals surface area contributed by atoms with Crippen LogP contribution in [0.25, 0.3) is 0 Å². The Kier molecular flexibility index (Phi) is 1.94. The van der Waals surface area contributed by atoms with Gasteiger partial charge in [-0.2, -0.15) is 0 Å². The Hall–Kier alpha value is -1.12. The van der Waals surface area contributed by atoms with Gasteiger partial charge in [0.2, 0.25) is 0 Å². The number of carboxylic acid groups (broad SMARTS) is 1. The van der Waals surface area contributed by atoms with Crippen molar-refractivity contribution in [2.24, 2.45) is 17.8 Å². The molecule has 0 saturated heterocycles. The van der Waals surface area contributed by atoms with Crippen molar-refractivity contribution in [1.29, 1.82) is 0 Å². The van der Waals surface area contributed by atoms with E-state index in [9.17, 15) is 9.18 Å². The van der Waals surface area contributed by atoms with E-state index >= 15 is 0 Å². The van der Waals surface area contributed by atoms with Crippen LogP contribution in [-0.2, 0) is 4.79 Å². The Morgan fingerprint density at radius 1 is 1.62 bits per heavy atom. The fourth-order valence-electron chi connectivity index (χ4n) is 1.93. The topological polar surface area (TPSA) is 37.3 Å². The Morgan fingerprint density at radius 2 is 2.38 bits per heavy atom. The Bertz CT molecular complexity index is 293. The summed E-state index contributed by atoms with van der Waals surface area (Å²) in [6, 6.07) is 0. The first kappa shape index (κ1) is 8.48. The zero-order valence-electron chi connectivity index (χ0n) is 7.11. The molecule has 1 N–H and O–H groups in total. The van der Waals surface area contributed by atoms with Crippen LogP contribution in [-0.4, -0.2) is 11.1 Å². The lowest BCUT2D eigenvalue weighted by Crippen LogP contribution is -2.08. The van der Waals surface area contributed by atoms with Crippen LogP contribution in [0.2, 0.25) is 0 Å². The Balaban J connectivity index is 1.95. The van der Waals surface area contributed by atoms with Gasteiger partial charge in [0.15, 0.2) is 0 Å². The lowest BCUT2D eigenvalue weighted by molar-refractivity contribution is -0.139. The van der Waals surface area contributed by atoms with Crippen LogP contribution in [0.15, 0.2) is 24.1 Å². The number of carboxylic acids is 1. The van der Waals surface area contributed by atoms with Crippen molar-refractivity contribution in [3.63, 3.8) is 0 Å². The molecular weight excluding hydrogens is 171 g/mol. The molecular formula is C10H11FO2. The summed E-state index contributed by atoms with van der Waals surface area (Å²) in [6.45, 7) is 0. The van der Waals surface area contributed by atoms with Gasteiger partial charge in [-0.05, 0) is 24.3 Å². The molecule has 0 aliphatic heterocycles. The van der Waals surface area contributed by atoms with E-state index in [1.54, 1.807) is 6.08 Å². The lowest BCUT2D eigenvalue weighted by atomic mass is 9.94. The van der Waals surface area contributed by atoms with Gasteiger partial charge in [-0.3, -0.25) is 4.79 Å². The first-order chi connectivity index (χ1) is 6.18. The van der Waals surface area contributed by atoms with Gasteiger partial charge < -0.3 is 5.11 Å². The molecule has 0 aromatic heterocycles. The van der Waals surface area contributed by atoms with E-state index < -0.39 is 5.97 Å². The zero-order valence-corrected chi connectivity index (χ0v) is 7.11. The Labute approximate surface area is 75.8 Å². The van der Waals surface area contributed by atoms with Crippen LogP contribution in [0.5, 0.6) is 0 Å². The largest absolute Gasteiger partial charge is 0.481 e. The average Bonchev–Trinajstić information content (AvgIpc) is 2.82. The van der Waals surface area contributed by atoms with Gasteiger partial charge >= 0.3 is 5.97 Å². The maximum atomic E-state index is 12.8. The summed E-state index contributed by atoms with van der Waals surface area (Å²) in [5.41, 5.74) is 0. The van der Waals surface area contributed by atoms with Crippen LogP contribution < -0.4 is 0 Å². The SMILES string of the molecule is O=C(O)C1CC1C1C=CC=C(F)C1. The van der Waals surface area contributed by atoms with Crippen molar-refractivity contribution >= 4 is 5.97 Å². The molecule has 3 atom stereocenters. The van der Waals surface area contributed by atoms with Crippen LogP contribution in [0.1, 0.15) is 12.8 Å². The average molecular weight is 182 g/mol. The minimum atomic E-state index is -0.742. The predicted molar refractivity (Wildman–Crippen MR) is 45.7 cm³/mol. The fourth-order valence-corrected chi connectivity index (χ4v) is 1.93. The number of hydrogen-bond acceptors (Lipinski definition) is 1. The van der Waals surface area contributed by atoms with Crippen LogP contribution in [0.4, 0.5) is 4.39 Å². The summed E-state index contributed by atoms with van der Waals surface area (Å²) in [6.07, 6.45) is 6.12. The Morgan fingerprint density at radius 3 is 2.92 bits per heavy atom. The normalized spacial score (nSPS) is 37.0. The first-order valence-corrected chi connectivity index (χ1v) is 4.44. The molecule has 0 amide bonds. The quantitative estimate of drug-likeness (QED) is 0.710. The summed E-state index contributed by atoms with van der Waals surface area (Å²) < 4.78 is 12.8. The van der Waals surface area contributed by atoms with Gasteiger partial charge in [0.1, 0.15) is 5.83 Å². The molecule has 0 bridgehead atoms. The van der Waals surface area contributed by atoms with E-state index in [1.165, 1.54) is 6.08 Å². The van der Waals surface area contributed by atoms with Crippen LogP contribution >= 0.6 is 0 Å². The monoisotopic (exact) mass is 182 g/mol. The molecule has 3 heteroatoms. The van der Waals surface area contributed by atoms with Crippen molar-refractivity contribution in [2.75, 3.05) is 0 Å². The van der Waals surface area contributed by atoms with Crippen LogP contribution in [0.3, 0.4) is 0 Å². The van der Waals surface area contributed by atoms with E-state index in [-0.39, 0.29) is 23.6 Å². The third-order valence-electron chi connectivity index (χ3n) is 2.77. The highest BCUT2D eigenvalue weighted by atomic mass is 19.1. The lowest BCUT2D eigenvalue weighted by Gasteiger charge is -2.13. The third kappa shape index (κ3) is 1.64. The van der Waals surface area contributed by atoms with Crippen molar-refractivity contribution < 1.29 is 14.3 Å². The van der Waals surface area contributed by atoms with Crippen LogP contribution in [0, 0.1) is 17.8 Å². The molecule has 1 saturated carbocycles. The van der Waals surface area contributed by atoms with Crippen molar-refractivity contribution in [2.45, 2.75) is 12.8 Å². The molecule has 0 radical (unpaired) electrons. The molecule has 0 aromatic carbocycles. The summed E-state index contributed by atoms with van der Waals surface area (Å²) in [4.78, 5) is 10.6. The van der Waals surface area contributed by atoms with E-state index in [4.69, 9.17) is 5.11 Å². The highest BCUT2D eigenvalue weighted by Gasteiger charge is 2.47. The fraction of sp³-hybridized carbons (Fsp3) is 0.500. The molecule has 13 heavy (non-hydrogen) atoms. The van der Waals surface area contributed by atoms with Gasteiger partial charge in [-0.15, -0.1) is 0 Å². The summed E-state index contributed by atoms with van der Waals surface area (Å²) in [7, 11) is 0. The summed E-state index contributed by atoms with van der Waals surface area (Å²) in [5, 5.41) is 8.69. The molecule has 0 aromatic rings. The third-order valence-corrected chi connectivity index (χ3v) is 2.77. The summed E-state index contributed by atoms with van der Waals surface area (Å²) >= 11 is 0. The molecule has 2 rings (SSSR count). The highest BCUT2D eigenvalue weighted by Crippen LogP contribution is 2.47. The highest BCUT2D eigenvalue weighted by molar-refractivity contribution is 5.73. The standard InChI is InChI=1S/C10H11FO2/c11-7-3-1-2-6(4-7)8-5-9(8)10(12)13/h1-3,6,8-9H,4-5H2,(H,12,13). The molecule has 1 fully saturated rings. The maximum Gasteiger partial charge on any atom is 0.306 e. The molecule has 2 nitrogen and oxygen atoms in total.